The molecule has 0 atom stereocenters. The van der Waals surface area contributed by atoms with Crippen molar-refractivity contribution in [2.24, 2.45) is 0 Å². The second kappa shape index (κ2) is 40.1. The van der Waals surface area contributed by atoms with E-state index >= 15 is 0 Å². The van der Waals surface area contributed by atoms with Crippen LogP contribution in [0.25, 0.3) is 0 Å². The van der Waals surface area contributed by atoms with Crippen LogP contribution >= 0.6 is 0 Å². The maximum atomic E-state index is 3.62. The summed E-state index contributed by atoms with van der Waals surface area (Å²) in [5.74, 6) is 55.8. The summed E-state index contributed by atoms with van der Waals surface area (Å²) in [6.45, 7) is 9.14. The van der Waals surface area contributed by atoms with E-state index in [1.54, 1.807) is 0 Å². The highest BCUT2D eigenvalue weighted by Crippen LogP contribution is 2.23. The van der Waals surface area contributed by atoms with E-state index < -0.39 is 0 Å². The molecule has 5 aromatic carbocycles. The molecule has 0 unspecified atom stereocenters. The first kappa shape index (κ1) is 66.1. The lowest BCUT2D eigenvalue weighted by Gasteiger charge is -2.07. The zero-order valence-corrected chi connectivity index (χ0v) is 53.5. The summed E-state index contributed by atoms with van der Waals surface area (Å²) in [7, 11) is 0. The van der Waals surface area contributed by atoms with Gasteiger partial charge in [0.25, 0.3) is 0 Å². The molecule has 5 aromatic rings. The fourth-order valence-electron chi connectivity index (χ4n) is 11.6. The average Bonchev–Trinajstić information content (AvgIpc) is 3.75. The van der Waals surface area contributed by atoms with E-state index in [1.807, 2.05) is 0 Å². The van der Waals surface area contributed by atoms with Crippen LogP contribution in [0.15, 0.2) is 84.9 Å². The molecule has 0 heteroatoms. The van der Waals surface area contributed by atoms with E-state index in [0.717, 1.165) is 118 Å². The molecule has 0 radical (unpaired) electrons. The molecule has 2 aliphatic carbocycles. The lowest BCUT2D eigenvalue weighted by Crippen LogP contribution is -1.95. The summed E-state index contributed by atoms with van der Waals surface area (Å²) in [6.07, 6.45) is 45.5. The maximum absolute atomic E-state index is 3.62. The Morgan fingerprint density at radius 3 is 0.558 bits per heavy atom. The number of unbranched alkanes of at least 4 members (excludes halogenated alkanes) is 28. The number of hydrogen-bond acceptors (Lipinski definition) is 0. The molecule has 442 valence electrons. The minimum absolute atomic E-state index is 0.791. The van der Waals surface area contributed by atoms with Gasteiger partial charge in [0.15, 0.2) is 0 Å². The van der Waals surface area contributed by atoms with Crippen LogP contribution < -0.4 is 0 Å². The number of aryl methyl sites for hydroxylation is 4. The predicted octanol–water partition coefficient (Wildman–Crippen LogP) is 21.5. The molecule has 4 bridgehead atoms. The maximum Gasteiger partial charge on any atom is 0.0419 e. The highest BCUT2D eigenvalue weighted by atomic mass is 14.1. The largest absolute Gasteiger partial charge is 0.0654 e. The molecule has 0 aliphatic heterocycles. The van der Waals surface area contributed by atoms with Crippen molar-refractivity contribution in [1.82, 2.24) is 0 Å². The molecule has 0 amide bonds. The van der Waals surface area contributed by atoms with E-state index in [9.17, 15) is 0 Å². The lowest BCUT2D eigenvalue weighted by molar-refractivity contribution is 0.575. The quantitative estimate of drug-likeness (QED) is 0.0277. The SMILES string of the molecule is CCCCCCCCCCc1ccc2c(c1)C#CC#Cc1cc(CCCCCCCCCC)ccc1C#Cc1cc(c3cc1C#Cc1ccc(CCCCCCCCCC)cc1C#CC#Cc1cc(CCCCCCCCCC)ccc1C#C3)C#C2. The third-order valence-electron chi connectivity index (χ3n) is 17.0. The normalized spacial score (nSPS) is 11.3. The minimum atomic E-state index is 0.791. The molecule has 2 aliphatic rings. The van der Waals surface area contributed by atoms with Gasteiger partial charge in [0, 0.05) is 66.8 Å². The summed E-state index contributed by atoms with van der Waals surface area (Å²) in [5, 5.41) is 0. The molecule has 7 rings (SSSR count). The Hall–Kier alpha value is -7.42. The van der Waals surface area contributed by atoms with Crippen molar-refractivity contribution in [3.8, 4) is 94.7 Å². The lowest BCUT2D eigenvalue weighted by atomic mass is 9.95. The molecule has 0 spiro atoms. The molecular weight excluding hydrogens is 1030 g/mol. The Labute approximate surface area is 524 Å². The summed E-state index contributed by atoms with van der Waals surface area (Å²) in [4.78, 5) is 0. The first-order valence-corrected chi connectivity index (χ1v) is 34.3. The monoisotopic (exact) mass is 1130 g/mol. The van der Waals surface area contributed by atoms with E-state index in [2.05, 4.69) is 207 Å². The zero-order chi connectivity index (χ0) is 59.9. The van der Waals surface area contributed by atoms with Crippen LogP contribution in [0.5, 0.6) is 0 Å². The van der Waals surface area contributed by atoms with E-state index in [4.69, 9.17) is 0 Å². The van der Waals surface area contributed by atoms with Gasteiger partial charge in [-0.05, 0) is 158 Å². The Kier molecular flexibility index (Phi) is 30.8. The molecule has 0 saturated carbocycles. The van der Waals surface area contributed by atoms with Crippen molar-refractivity contribution in [2.75, 3.05) is 0 Å². The highest BCUT2D eigenvalue weighted by molar-refractivity contribution is 5.68. The zero-order valence-electron chi connectivity index (χ0n) is 53.5. The summed E-state index contributed by atoms with van der Waals surface area (Å²) in [6, 6.07) is 30.8. The van der Waals surface area contributed by atoms with Gasteiger partial charge in [-0.2, -0.15) is 0 Å². The van der Waals surface area contributed by atoms with E-state index in [-0.39, 0.29) is 0 Å². The van der Waals surface area contributed by atoms with Crippen molar-refractivity contribution >= 4 is 0 Å². The molecule has 86 heavy (non-hydrogen) atoms. The highest BCUT2D eigenvalue weighted by Gasteiger charge is 2.11. The summed E-state index contributed by atoms with van der Waals surface area (Å²) < 4.78 is 0. The van der Waals surface area contributed by atoms with Gasteiger partial charge in [-0.1, -0.05) is 303 Å². The van der Waals surface area contributed by atoms with E-state index in [0.29, 0.717) is 0 Å². The topological polar surface area (TPSA) is 0 Å². The molecule has 0 heterocycles. The molecule has 0 aromatic heterocycles. The van der Waals surface area contributed by atoms with Crippen molar-refractivity contribution < 1.29 is 0 Å². The predicted molar refractivity (Wildman–Crippen MR) is 369 cm³/mol. The van der Waals surface area contributed by atoms with E-state index in [1.165, 1.54) is 202 Å². The average molecular weight is 1130 g/mol. The van der Waals surface area contributed by atoms with Crippen molar-refractivity contribution in [2.45, 2.75) is 259 Å². The molecular formula is C86H98. The van der Waals surface area contributed by atoms with Crippen LogP contribution in [0.2, 0.25) is 0 Å². The van der Waals surface area contributed by atoms with Crippen LogP contribution in [0.4, 0.5) is 0 Å². The van der Waals surface area contributed by atoms with Gasteiger partial charge in [0.1, 0.15) is 0 Å². The summed E-state index contributed by atoms with van der Waals surface area (Å²) in [5.41, 5.74) is 15.4. The smallest absolute Gasteiger partial charge is 0.0419 e. The standard InChI is InChI=1S/C86H98/c1-5-9-13-17-21-25-29-33-41-71-49-53-75-57-61-83-69-85(63-59-76-54-50-72(42-34-30-26-22-18-14-10-6-2)66-80(76)46-38-37-45-79(75)65-71)86-64-60-78-56-52-74(44-36-32-28-24-20-16-12-8-4)68-82(78)48-40-39-47-81-67-73(43-35-31-27-23-19-15-11-7-3)51-55-77(81)58-62-84(83)70-86/h49-56,65-70H,5-36,41-44H2,1-4H3. The number of hydrogen-bond donors (Lipinski definition) is 0. The van der Waals surface area contributed by atoms with Crippen LogP contribution in [0, 0.1) is 94.7 Å². The second-order valence-corrected chi connectivity index (χ2v) is 24.4. The van der Waals surface area contributed by atoms with Gasteiger partial charge in [-0.15, -0.1) is 0 Å². The van der Waals surface area contributed by atoms with Gasteiger partial charge in [-0.3, -0.25) is 0 Å². The van der Waals surface area contributed by atoms with Gasteiger partial charge < -0.3 is 0 Å². The minimum Gasteiger partial charge on any atom is -0.0654 e. The number of rotatable bonds is 36. The first-order valence-electron chi connectivity index (χ1n) is 34.3. The van der Waals surface area contributed by atoms with Crippen LogP contribution in [0.1, 0.15) is 322 Å². The number of fused-ring (bicyclic) bond motifs is 10. The Bertz CT molecular complexity index is 3030. The van der Waals surface area contributed by atoms with Crippen molar-refractivity contribution in [3.05, 3.63) is 174 Å². The van der Waals surface area contributed by atoms with Gasteiger partial charge in [0.2, 0.25) is 0 Å². The fraction of sp³-hybridized carbons (Fsp3) is 0.465. The Balaban J connectivity index is 1.30. The third kappa shape index (κ3) is 24.2. The summed E-state index contributed by atoms with van der Waals surface area (Å²) >= 11 is 0. The van der Waals surface area contributed by atoms with Gasteiger partial charge >= 0.3 is 0 Å². The molecule has 0 fully saturated rings. The van der Waals surface area contributed by atoms with Crippen LogP contribution in [0.3, 0.4) is 0 Å². The van der Waals surface area contributed by atoms with Gasteiger partial charge in [-0.25, -0.2) is 0 Å². The van der Waals surface area contributed by atoms with Crippen LogP contribution in [-0.2, 0) is 25.7 Å². The van der Waals surface area contributed by atoms with Gasteiger partial charge in [0.05, 0.1) is 0 Å². The Morgan fingerprint density at radius 2 is 0.349 bits per heavy atom. The molecule has 0 N–H and O–H groups in total. The molecule has 0 nitrogen and oxygen atoms in total. The van der Waals surface area contributed by atoms with Crippen LogP contribution in [-0.4, -0.2) is 0 Å². The van der Waals surface area contributed by atoms with Crippen molar-refractivity contribution in [1.29, 1.82) is 0 Å². The third-order valence-corrected chi connectivity index (χ3v) is 17.0. The Morgan fingerprint density at radius 1 is 0.174 bits per heavy atom. The fourth-order valence-corrected chi connectivity index (χ4v) is 11.6. The van der Waals surface area contributed by atoms with Crippen molar-refractivity contribution in [3.63, 3.8) is 0 Å². The first-order chi connectivity index (χ1) is 42.5. The number of benzene rings is 5. The second-order valence-electron chi connectivity index (χ2n) is 24.4. The molecule has 0 saturated heterocycles.